The summed E-state index contributed by atoms with van der Waals surface area (Å²) in [4.78, 5) is 13.0. The highest BCUT2D eigenvalue weighted by molar-refractivity contribution is 7.07. The third-order valence-electron chi connectivity index (χ3n) is 2.14. The Hall–Kier alpha value is -1.81. The number of fused-ring (bicyclic) bond motifs is 1. The van der Waals surface area contributed by atoms with E-state index in [-0.39, 0.29) is 0 Å². The minimum absolute atomic E-state index is 0.829. The fraction of sp³-hybridized carbons (Fsp3) is 0. The van der Waals surface area contributed by atoms with Gasteiger partial charge in [-0.1, -0.05) is 12.1 Å². The molecule has 0 fully saturated rings. The summed E-state index contributed by atoms with van der Waals surface area (Å²) in [6.45, 7) is 0. The molecule has 3 aromatic rings. The van der Waals surface area contributed by atoms with E-state index in [0.717, 1.165) is 22.4 Å². The van der Waals surface area contributed by atoms with Crippen molar-refractivity contribution >= 4 is 22.4 Å². The first kappa shape index (κ1) is 8.49. The van der Waals surface area contributed by atoms with Crippen LogP contribution in [0.15, 0.2) is 41.4 Å². The second-order valence-electron chi connectivity index (χ2n) is 3.12. The van der Waals surface area contributed by atoms with Crippen molar-refractivity contribution in [2.75, 3.05) is 0 Å². The lowest BCUT2D eigenvalue weighted by Crippen LogP contribution is -1.87. The maximum Gasteiger partial charge on any atom is 0.109 e. The molecule has 0 atom stereocenters. The van der Waals surface area contributed by atoms with Gasteiger partial charge in [0.15, 0.2) is 0 Å². The molecule has 0 aliphatic heterocycles. The Labute approximate surface area is 90.5 Å². The average Bonchev–Trinajstić information content (AvgIpc) is 2.82. The number of rotatable bonds is 1. The third-order valence-corrected chi connectivity index (χ3v) is 2.73. The lowest BCUT2D eigenvalue weighted by atomic mass is 10.3. The summed E-state index contributed by atoms with van der Waals surface area (Å²) in [5.41, 5.74) is 5.33. The van der Waals surface area contributed by atoms with Crippen LogP contribution in [0.2, 0.25) is 0 Å². The van der Waals surface area contributed by atoms with Gasteiger partial charge in [0.2, 0.25) is 0 Å². The molecule has 0 spiro atoms. The molecule has 0 unspecified atom stereocenters. The van der Waals surface area contributed by atoms with E-state index < -0.39 is 0 Å². The van der Waals surface area contributed by atoms with Gasteiger partial charge in [0.05, 0.1) is 22.7 Å². The number of hydrogen-bond donors (Lipinski definition) is 0. The molecule has 3 nitrogen and oxygen atoms in total. The molecule has 2 aromatic heterocycles. The van der Waals surface area contributed by atoms with E-state index in [1.54, 1.807) is 23.0 Å². The van der Waals surface area contributed by atoms with Crippen LogP contribution in [0.25, 0.3) is 22.4 Å². The molecule has 1 aromatic carbocycles. The minimum atomic E-state index is 0.829. The van der Waals surface area contributed by atoms with Gasteiger partial charge in [0, 0.05) is 5.38 Å². The number of hydrogen-bond acceptors (Lipinski definition) is 4. The van der Waals surface area contributed by atoms with Gasteiger partial charge in [-0.25, -0.2) is 9.97 Å². The van der Waals surface area contributed by atoms with E-state index in [4.69, 9.17) is 0 Å². The third kappa shape index (κ3) is 1.49. The molecule has 0 radical (unpaired) electrons. The van der Waals surface area contributed by atoms with Crippen LogP contribution in [0.3, 0.4) is 0 Å². The van der Waals surface area contributed by atoms with Crippen molar-refractivity contribution in [3.8, 4) is 11.4 Å². The quantitative estimate of drug-likeness (QED) is 0.624. The number of nitrogens with zero attached hydrogens (tertiary/aromatic N) is 3. The summed E-state index contributed by atoms with van der Waals surface area (Å²) in [5, 5.41) is 1.97. The van der Waals surface area contributed by atoms with Gasteiger partial charge in [0.25, 0.3) is 0 Å². The topological polar surface area (TPSA) is 38.7 Å². The minimum Gasteiger partial charge on any atom is -0.252 e. The van der Waals surface area contributed by atoms with Crippen LogP contribution in [0.5, 0.6) is 0 Å². The Bertz CT molecular complexity index is 590. The highest BCUT2D eigenvalue weighted by Crippen LogP contribution is 2.18. The fourth-order valence-corrected chi connectivity index (χ4v) is 1.97. The summed E-state index contributed by atoms with van der Waals surface area (Å²) in [7, 11) is 0. The van der Waals surface area contributed by atoms with Crippen LogP contribution in [0.1, 0.15) is 0 Å². The van der Waals surface area contributed by atoms with Gasteiger partial charge in [-0.3, -0.25) is 4.98 Å². The first-order valence-corrected chi connectivity index (χ1v) is 5.48. The maximum atomic E-state index is 4.50. The zero-order valence-corrected chi connectivity index (χ0v) is 8.61. The van der Waals surface area contributed by atoms with Crippen LogP contribution in [-0.2, 0) is 0 Å². The van der Waals surface area contributed by atoms with Crippen LogP contribution in [0, 0.1) is 0 Å². The van der Waals surface area contributed by atoms with E-state index in [2.05, 4.69) is 15.0 Å². The smallest absolute Gasteiger partial charge is 0.109 e. The largest absolute Gasteiger partial charge is 0.252 e. The highest BCUT2D eigenvalue weighted by Gasteiger charge is 2.03. The second-order valence-corrected chi connectivity index (χ2v) is 3.84. The molecule has 0 saturated carbocycles. The van der Waals surface area contributed by atoms with Gasteiger partial charge in [-0.2, -0.15) is 0 Å². The molecule has 0 amide bonds. The van der Waals surface area contributed by atoms with Gasteiger partial charge in [0.1, 0.15) is 11.4 Å². The molecule has 0 aliphatic rings. The van der Waals surface area contributed by atoms with E-state index >= 15 is 0 Å². The summed E-state index contributed by atoms with van der Waals surface area (Å²) in [5.74, 6) is 0. The zero-order valence-electron chi connectivity index (χ0n) is 7.79. The van der Waals surface area contributed by atoms with E-state index in [0.29, 0.717) is 0 Å². The Morgan fingerprint density at radius 2 is 1.80 bits per heavy atom. The molecular weight excluding hydrogens is 206 g/mol. The Morgan fingerprint density at radius 3 is 2.60 bits per heavy atom. The first-order valence-electron chi connectivity index (χ1n) is 4.54. The Morgan fingerprint density at radius 1 is 0.933 bits per heavy atom. The van der Waals surface area contributed by atoms with E-state index in [1.165, 1.54) is 0 Å². The lowest BCUT2D eigenvalue weighted by molar-refractivity contribution is 1.26. The van der Waals surface area contributed by atoms with Gasteiger partial charge in [-0.05, 0) is 12.1 Å². The Kier molecular flexibility index (Phi) is 1.93. The monoisotopic (exact) mass is 213 g/mol. The molecule has 3 rings (SSSR count). The average molecular weight is 213 g/mol. The summed E-state index contributed by atoms with van der Waals surface area (Å²) >= 11 is 1.56. The highest BCUT2D eigenvalue weighted by atomic mass is 32.1. The number of para-hydroxylation sites is 2. The standard InChI is InChI=1S/C11H7N3S/c1-2-4-9-8(3-1)12-5-10(14-9)11-6-15-7-13-11/h1-7H. The SMILES string of the molecule is c1ccc2nc(-c3cscn3)cnc2c1. The molecule has 72 valence electrons. The maximum absolute atomic E-state index is 4.50. The van der Waals surface area contributed by atoms with Crippen LogP contribution in [-0.4, -0.2) is 15.0 Å². The number of thiazole rings is 1. The molecular formula is C11H7N3S. The lowest BCUT2D eigenvalue weighted by Gasteiger charge is -1.98. The van der Waals surface area contributed by atoms with Crippen molar-refractivity contribution in [3.63, 3.8) is 0 Å². The molecule has 0 aliphatic carbocycles. The predicted molar refractivity (Wildman–Crippen MR) is 60.6 cm³/mol. The number of benzene rings is 1. The fourth-order valence-electron chi connectivity index (χ4n) is 1.42. The van der Waals surface area contributed by atoms with Crippen molar-refractivity contribution in [3.05, 3.63) is 41.4 Å². The van der Waals surface area contributed by atoms with Crippen molar-refractivity contribution in [2.24, 2.45) is 0 Å². The van der Waals surface area contributed by atoms with Crippen molar-refractivity contribution < 1.29 is 0 Å². The van der Waals surface area contributed by atoms with Crippen molar-refractivity contribution in [2.45, 2.75) is 0 Å². The summed E-state index contributed by atoms with van der Waals surface area (Å²) in [6, 6.07) is 7.83. The summed E-state index contributed by atoms with van der Waals surface area (Å²) in [6.07, 6.45) is 1.76. The van der Waals surface area contributed by atoms with Crippen molar-refractivity contribution in [1.29, 1.82) is 0 Å². The molecule has 0 bridgehead atoms. The number of aromatic nitrogens is 3. The molecule has 2 heterocycles. The molecule has 15 heavy (non-hydrogen) atoms. The van der Waals surface area contributed by atoms with Crippen LogP contribution >= 0.6 is 11.3 Å². The molecule has 0 saturated heterocycles. The predicted octanol–water partition coefficient (Wildman–Crippen LogP) is 2.75. The van der Waals surface area contributed by atoms with Gasteiger partial charge in [-0.15, -0.1) is 11.3 Å². The molecule has 0 N–H and O–H groups in total. The summed E-state index contributed by atoms with van der Waals surface area (Å²) < 4.78 is 0. The molecule has 4 heteroatoms. The zero-order chi connectivity index (χ0) is 10.1. The second kappa shape index (κ2) is 3.40. The van der Waals surface area contributed by atoms with Crippen LogP contribution in [0.4, 0.5) is 0 Å². The van der Waals surface area contributed by atoms with Gasteiger partial charge < -0.3 is 0 Å². The van der Waals surface area contributed by atoms with Crippen molar-refractivity contribution in [1.82, 2.24) is 15.0 Å². The Balaban J connectivity index is 2.22. The first-order chi connectivity index (χ1) is 7.43. The normalized spacial score (nSPS) is 10.7. The van der Waals surface area contributed by atoms with E-state index in [1.807, 2.05) is 29.6 Å². The van der Waals surface area contributed by atoms with E-state index in [9.17, 15) is 0 Å². The van der Waals surface area contributed by atoms with Gasteiger partial charge >= 0.3 is 0 Å². The van der Waals surface area contributed by atoms with Crippen LogP contribution < -0.4 is 0 Å².